The topological polar surface area (TPSA) is 12.0 Å². The van der Waals surface area contributed by atoms with E-state index < -0.39 is 0 Å². The Kier molecular flexibility index (Phi) is 5.22. The molecule has 1 atom stereocenters. The average Bonchev–Trinajstić information content (AvgIpc) is 2.67. The smallest absolute Gasteiger partial charge is 0.132 e. The van der Waals surface area contributed by atoms with E-state index in [0.717, 1.165) is 37.1 Å². The second-order valence-corrected chi connectivity index (χ2v) is 4.66. The van der Waals surface area contributed by atoms with Crippen LogP contribution in [-0.4, -0.2) is 37.3 Å². The fourth-order valence-electron chi connectivity index (χ4n) is 2.38. The zero-order chi connectivity index (χ0) is 11.9. The number of hydrogen-bond donors (Lipinski definition) is 1. The Labute approximate surface area is 96.3 Å². The molecule has 0 spiro atoms. The van der Waals surface area contributed by atoms with Crippen molar-refractivity contribution >= 4 is 0 Å². The van der Waals surface area contributed by atoms with Crippen molar-refractivity contribution in [3.8, 4) is 0 Å². The van der Waals surface area contributed by atoms with Crippen LogP contribution >= 0.6 is 0 Å². The molecule has 0 aromatic heterocycles. The fraction of sp³-hybridized carbons (Fsp3) is 0.846. The first-order chi connectivity index (χ1) is 7.72. The Morgan fingerprint density at radius 3 is 2.80 bits per heavy atom. The van der Waals surface area contributed by atoms with Gasteiger partial charge in [-0.15, -0.1) is 6.58 Å². The number of hydrogen-bond acceptors (Lipinski definition) is 1. The molecule has 2 heteroatoms. The van der Waals surface area contributed by atoms with Gasteiger partial charge in [0.25, 0.3) is 0 Å². The van der Waals surface area contributed by atoms with Crippen LogP contribution in [0.2, 0.25) is 0 Å². The van der Waals surface area contributed by atoms with Gasteiger partial charge in [-0.25, -0.2) is 0 Å². The third-order valence-corrected chi connectivity index (χ3v) is 3.26. The summed E-state index contributed by atoms with van der Waals surface area (Å²) in [6.45, 7) is 11.3. The number of quaternary nitrogens is 1. The van der Waals surface area contributed by atoms with Gasteiger partial charge in [-0.05, 0) is 12.8 Å². The highest BCUT2D eigenvalue weighted by atomic mass is 15.4. The molecule has 0 saturated carbocycles. The van der Waals surface area contributed by atoms with E-state index in [1.54, 1.807) is 0 Å². The summed E-state index contributed by atoms with van der Waals surface area (Å²) in [7, 11) is 0. The molecular formula is C13H27N2+. The Morgan fingerprint density at radius 1 is 1.47 bits per heavy atom. The number of nitrogens with one attached hydrogen (secondary N) is 1. The molecule has 1 heterocycles. The molecule has 2 nitrogen and oxygen atoms in total. The summed E-state index contributed by atoms with van der Waals surface area (Å²) in [5.41, 5.74) is 0. The third-order valence-electron chi connectivity index (χ3n) is 3.26. The van der Waals surface area contributed by atoms with Crippen LogP contribution in [-0.2, 0) is 0 Å². The van der Waals surface area contributed by atoms with Gasteiger partial charge in [-0.3, -0.25) is 5.32 Å². The molecule has 0 bridgehead atoms. The van der Waals surface area contributed by atoms with Crippen LogP contribution < -0.4 is 5.32 Å². The highest BCUT2D eigenvalue weighted by Crippen LogP contribution is 2.19. The number of rotatable bonds is 8. The summed E-state index contributed by atoms with van der Waals surface area (Å²) < 4.78 is 9.19. The lowest BCUT2D eigenvalue weighted by Gasteiger charge is -2.34. The maximum absolute atomic E-state index is 8.08. The van der Waals surface area contributed by atoms with Crippen molar-refractivity contribution in [3.05, 3.63) is 12.7 Å². The van der Waals surface area contributed by atoms with E-state index in [1.807, 2.05) is 6.08 Å². The maximum atomic E-state index is 8.08. The first-order valence-corrected chi connectivity index (χ1v) is 6.31. The molecule has 0 aromatic carbocycles. The molecule has 1 fully saturated rings. The molecule has 0 aromatic rings. The van der Waals surface area contributed by atoms with E-state index >= 15 is 0 Å². The lowest BCUT2D eigenvalue weighted by Crippen LogP contribution is -2.51. The second kappa shape index (κ2) is 7.02. The molecule has 0 amide bonds. The van der Waals surface area contributed by atoms with Crippen molar-refractivity contribution in [1.29, 1.82) is 0 Å². The summed E-state index contributed by atoms with van der Waals surface area (Å²) in [6.07, 6.45) is 6.86. The second-order valence-electron chi connectivity index (χ2n) is 4.66. The summed E-state index contributed by atoms with van der Waals surface area (Å²) in [4.78, 5) is 0. The van der Waals surface area contributed by atoms with Gasteiger partial charge < -0.3 is 4.48 Å². The molecule has 1 rings (SSSR count). The van der Waals surface area contributed by atoms with E-state index in [9.17, 15) is 0 Å². The van der Waals surface area contributed by atoms with Gasteiger partial charge in [-0.1, -0.05) is 19.4 Å². The molecule has 1 aliphatic heterocycles. The molecule has 1 aliphatic rings. The van der Waals surface area contributed by atoms with Crippen LogP contribution in [0, 0.1) is 0 Å². The molecular weight excluding hydrogens is 184 g/mol. The summed E-state index contributed by atoms with van der Waals surface area (Å²) >= 11 is 0. The van der Waals surface area contributed by atoms with Gasteiger partial charge in [0, 0.05) is 20.8 Å². The van der Waals surface area contributed by atoms with E-state index in [2.05, 4.69) is 18.8 Å². The van der Waals surface area contributed by atoms with Crippen molar-refractivity contribution < 1.29 is 5.85 Å². The normalized spacial score (nSPS) is 22.3. The lowest BCUT2D eigenvalue weighted by atomic mass is 10.2. The quantitative estimate of drug-likeness (QED) is 0.370. The van der Waals surface area contributed by atoms with Crippen LogP contribution in [0.1, 0.15) is 40.4 Å². The Morgan fingerprint density at radius 2 is 2.20 bits per heavy atom. The summed E-state index contributed by atoms with van der Waals surface area (Å²) in [5, 5.41) is 3.44. The van der Waals surface area contributed by atoms with E-state index in [4.69, 9.17) is 1.37 Å². The van der Waals surface area contributed by atoms with Gasteiger partial charge in [0.05, 0.1) is 19.6 Å². The lowest BCUT2D eigenvalue weighted by molar-refractivity contribution is -0.919. The van der Waals surface area contributed by atoms with Gasteiger partial charge in [0.1, 0.15) is 6.67 Å². The third kappa shape index (κ3) is 4.35. The van der Waals surface area contributed by atoms with E-state index in [0.29, 0.717) is 0 Å². The first kappa shape index (κ1) is 11.2. The van der Waals surface area contributed by atoms with Crippen LogP contribution in [0.4, 0.5) is 0 Å². The minimum Gasteiger partial charge on any atom is -0.311 e. The van der Waals surface area contributed by atoms with Gasteiger partial charge in [0.2, 0.25) is 0 Å². The number of likely N-dealkylation sites (tertiary alicyclic amines) is 1. The SMILES string of the molecule is [2H]C(CCC)C[N+]1(CNCC=C)CCCC1. The van der Waals surface area contributed by atoms with Gasteiger partial charge in [-0.2, -0.15) is 0 Å². The van der Waals surface area contributed by atoms with Gasteiger partial charge in [0.15, 0.2) is 0 Å². The van der Waals surface area contributed by atoms with Crippen molar-refractivity contribution in [2.45, 2.75) is 39.0 Å². The van der Waals surface area contributed by atoms with Crippen LogP contribution in [0.15, 0.2) is 12.7 Å². The van der Waals surface area contributed by atoms with Crippen molar-refractivity contribution in [2.75, 3.05) is 32.8 Å². The van der Waals surface area contributed by atoms with Crippen LogP contribution in [0.3, 0.4) is 0 Å². The van der Waals surface area contributed by atoms with Crippen LogP contribution in [0.5, 0.6) is 0 Å². The zero-order valence-electron chi connectivity index (χ0n) is 11.2. The predicted octanol–water partition coefficient (Wildman–Crippen LogP) is 2.52. The highest BCUT2D eigenvalue weighted by molar-refractivity contribution is 4.68. The fourth-order valence-corrected chi connectivity index (χ4v) is 2.38. The van der Waals surface area contributed by atoms with E-state index in [1.165, 1.54) is 25.9 Å². The highest BCUT2D eigenvalue weighted by Gasteiger charge is 2.30. The first-order valence-electron chi connectivity index (χ1n) is 6.89. The molecule has 1 saturated heterocycles. The van der Waals surface area contributed by atoms with Crippen molar-refractivity contribution in [3.63, 3.8) is 0 Å². The standard InChI is InChI=1S/C13H27N2/c1-3-5-6-10-15(11-7-8-12-15)13-14-9-4-2/h4,14H,2-3,5-13H2,1H3/q+1/i6D. The van der Waals surface area contributed by atoms with Crippen molar-refractivity contribution in [2.24, 2.45) is 0 Å². The molecule has 88 valence electrons. The summed E-state index contributed by atoms with van der Waals surface area (Å²) in [6, 6.07) is 0. The van der Waals surface area contributed by atoms with Crippen molar-refractivity contribution in [1.82, 2.24) is 5.32 Å². The zero-order valence-corrected chi connectivity index (χ0v) is 10.2. The minimum atomic E-state index is 0.119. The minimum absolute atomic E-state index is 0.119. The van der Waals surface area contributed by atoms with E-state index in [-0.39, 0.29) is 6.40 Å². The Hall–Kier alpha value is -0.340. The van der Waals surface area contributed by atoms with Gasteiger partial charge >= 0.3 is 0 Å². The predicted molar refractivity (Wildman–Crippen MR) is 66.7 cm³/mol. The maximum Gasteiger partial charge on any atom is 0.132 e. The Bertz CT molecular complexity index is 200. The average molecular weight is 212 g/mol. The molecule has 1 N–H and O–H groups in total. The van der Waals surface area contributed by atoms with Crippen LogP contribution in [0.25, 0.3) is 0 Å². The molecule has 0 aliphatic carbocycles. The molecule has 0 radical (unpaired) electrons. The molecule has 15 heavy (non-hydrogen) atoms. The largest absolute Gasteiger partial charge is 0.311 e. The molecule has 1 unspecified atom stereocenters. The Balaban J connectivity index is 2.41. The summed E-state index contributed by atoms with van der Waals surface area (Å²) in [5.74, 6) is 0. The monoisotopic (exact) mass is 212 g/mol. The number of nitrogens with zero attached hydrogens (tertiary/aromatic N) is 1.